The van der Waals surface area contributed by atoms with Gasteiger partial charge in [-0.05, 0) is 50.1 Å². The van der Waals surface area contributed by atoms with Gasteiger partial charge in [0.05, 0.1) is 36.0 Å². The van der Waals surface area contributed by atoms with Crippen molar-refractivity contribution in [3.05, 3.63) is 64.2 Å². The van der Waals surface area contributed by atoms with Crippen LogP contribution in [0.5, 0.6) is 11.5 Å². The molecule has 252 valence electrons. The van der Waals surface area contributed by atoms with Crippen LogP contribution in [-0.4, -0.2) is 85.6 Å². The monoisotopic (exact) mass is 658 g/mol. The largest absolute Gasteiger partial charge is 0.451 e. The van der Waals surface area contributed by atoms with Crippen LogP contribution >= 0.6 is 0 Å². The highest BCUT2D eigenvalue weighted by Gasteiger charge is 2.36. The molecule has 0 aliphatic carbocycles. The van der Waals surface area contributed by atoms with Crippen LogP contribution in [0, 0.1) is 5.82 Å². The highest BCUT2D eigenvalue weighted by atomic mass is 19.1. The van der Waals surface area contributed by atoms with Crippen LogP contribution in [0.15, 0.2) is 47.4 Å². The number of nitrogens with two attached hydrogens (primary N) is 1. The third kappa shape index (κ3) is 5.88. The third-order valence-corrected chi connectivity index (χ3v) is 8.94. The van der Waals surface area contributed by atoms with Crippen molar-refractivity contribution in [2.75, 3.05) is 63.1 Å². The number of alkyl carbamates (subject to hydrolysis) is 1. The summed E-state index contributed by atoms with van der Waals surface area (Å²) in [5.74, 6) is -0.853. The third-order valence-electron chi connectivity index (χ3n) is 8.94. The fraction of sp³-hybridized carbons (Fsp3) is 0.400. The number of morpholine rings is 1. The van der Waals surface area contributed by atoms with E-state index in [1.165, 1.54) is 6.20 Å². The van der Waals surface area contributed by atoms with Gasteiger partial charge < -0.3 is 40.0 Å². The van der Waals surface area contributed by atoms with Gasteiger partial charge in [0.1, 0.15) is 22.4 Å². The number of carbonyl (C=O) groups excluding carboxylic acids is 2. The molecular weight excluding hydrogens is 619 g/mol. The summed E-state index contributed by atoms with van der Waals surface area (Å²) in [6.07, 6.45) is 1.45. The molecule has 1 atom stereocenters. The highest BCUT2D eigenvalue weighted by Crippen LogP contribution is 2.50. The Balaban J connectivity index is 1.31. The molecule has 0 radical (unpaired) electrons. The molecule has 0 bridgehead atoms. The second-order valence-corrected chi connectivity index (χ2v) is 13.4. The molecule has 4 heterocycles. The van der Waals surface area contributed by atoms with Gasteiger partial charge in [-0.1, -0.05) is 24.3 Å². The minimum Gasteiger partial charge on any atom is -0.451 e. The first-order valence-corrected chi connectivity index (χ1v) is 16.2. The lowest BCUT2D eigenvalue weighted by molar-refractivity contribution is 0.0383. The summed E-state index contributed by atoms with van der Waals surface area (Å²) in [5.41, 5.74) is 5.51. The van der Waals surface area contributed by atoms with E-state index in [1.54, 1.807) is 30.2 Å². The lowest BCUT2D eigenvalue weighted by Crippen LogP contribution is -2.42. The van der Waals surface area contributed by atoms with Gasteiger partial charge in [-0.2, -0.15) is 0 Å². The Bertz CT molecular complexity index is 2000. The Labute approximate surface area is 276 Å². The van der Waals surface area contributed by atoms with Crippen LogP contribution in [0.1, 0.15) is 37.6 Å². The fourth-order valence-corrected chi connectivity index (χ4v) is 6.66. The Hall–Kier alpha value is -4.88. The summed E-state index contributed by atoms with van der Waals surface area (Å²) >= 11 is 0. The molecule has 12 nitrogen and oxygen atoms in total. The van der Waals surface area contributed by atoms with Crippen LogP contribution in [0.2, 0.25) is 0 Å². The molecule has 7 rings (SSSR count). The van der Waals surface area contributed by atoms with Crippen molar-refractivity contribution >= 4 is 45.1 Å². The first-order chi connectivity index (χ1) is 23.0. The summed E-state index contributed by atoms with van der Waals surface area (Å²) in [4.78, 5) is 44.0. The molecule has 2 saturated heterocycles. The zero-order chi connectivity index (χ0) is 33.7. The van der Waals surface area contributed by atoms with Gasteiger partial charge in [0.25, 0.3) is 5.91 Å². The van der Waals surface area contributed by atoms with E-state index in [1.807, 2.05) is 36.4 Å². The Morgan fingerprint density at radius 3 is 2.56 bits per heavy atom. The second kappa shape index (κ2) is 12.3. The topological polar surface area (TPSA) is 140 Å². The van der Waals surface area contributed by atoms with Crippen molar-refractivity contribution < 1.29 is 28.2 Å². The van der Waals surface area contributed by atoms with Gasteiger partial charge >= 0.3 is 6.09 Å². The maximum atomic E-state index is 16.5. The lowest BCUT2D eigenvalue weighted by atomic mass is 10.0. The predicted octanol–water partition coefficient (Wildman–Crippen LogP) is 4.14. The first-order valence-electron chi connectivity index (χ1n) is 16.2. The Kier molecular flexibility index (Phi) is 8.12. The van der Waals surface area contributed by atoms with Crippen molar-refractivity contribution in [3.63, 3.8) is 0 Å². The van der Waals surface area contributed by atoms with Crippen molar-refractivity contribution in [3.8, 4) is 17.2 Å². The van der Waals surface area contributed by atoms with Crippen LogP contribution in [0.4, 0.5) is 20.6 Å². The van der Waals surface area contributed by atoms with Gasteiger partial charge in [-0.15, -0.1) is 0 Å². The number of pyridine rings is 1. The van der Waals surface area contributed by atoms with Crippen molar-refractivity contribution in [2.24, 2.45) is 0 Å². The zero-order valence-corrected chi connectivity index (χ0v) is 27.2. The SMILES string of the molecule is CC(C)(C)OC(=O)NC1CCN(c2c(F)c(N)c3c(=O)c(C(=O)NCCN4CCOCC4)cn4c3c2Oc2cc3ccccc3cc2-4)C1. The maximum absolute atomic E-state index is 16.5. The number of benzene rings is 3. The van der Waals surface area contributed by atoms with E-state index in [0.29, 0.717) is 50.7 Å². The number of nitrogens with one attached hydrogen (secondary N) is 2. The molecule has 2 fully saturated rings. The van der Waals surface area contributed by atoms with E-state index in [4.69, 9.17) is 19.9 Å². The van der Waals surface area contributed by atoms with E-state index in [2.05, 4.69) is 15.5 Å². The van der Waals surface area contributed by atoms with E-state index < -0.39 is 28.8 Å². The van der Waals surface area contributed by atoms with Crippen LogP contribution in [0.25, 0.3) is 27.4 Å². The number of hydrogen-bond donors (Lipinski definition) is 3. The number of rotatable bonds is 6. The molecule has 0 spiro atoms. The maximum Gasteiger partial charge on any atom is 0.407 e. The summed E-state index contributed by atoms with van der Waals surface area (Å²) in [5, 5.41) is 7.41. The number of amides is 2. The van der Waals surface area contributed by atoms with Crippen LogP contribution < -0.4 is 31.4 Å². The van der Waals surface area contributed by atoms with E-state index in [0.717, 1.165) is 23.9 Å². The highest BCUT2D eigenvalue weighted by molar-refractivity contribution is 6.06. The normalized spacial score (nSPS) is 17.7. The quantitative estimate of drug-likeness (QED) is 0.230. The van der Waals surface area contributed by atoms with Crippen molar-refractivity contribution in [2.45, 2.75) is 38.8 Å². The Morgan fingerprint density at radius 1 is 1.10 bits per heavy atom. The molecular formula is C35H39FN6O6. The number of ether oxygens (including phenoxy) is 3. The molecule has 48 heavy (non-hydrogen) atoms. The molecule has 13 heteroatoms. The van der Waals surface area contributed by atoms with E-state index in [9.17, 15) is 14.4 Å². The molecule has 0 saturated carbocycles. The number of aromatic nitrogens is 1. The van der Waals surface area contributed by atoms with Crippen molar-refractivity contribution in [1.29, 1.82) is 0 Å². The fourth-order valence-electron chi connectivity index (χ4n) is 6.66. The minimum absolute atomic E-state index is 0.0863. The van der Waals surface area contributed by atoms with Crippen molar-refractivity contribution in [1.82, 2.24) is 20.1 Å². The molecule has 1 unspecified atom stereocenters. The molecule has 4 N–H and O–H groups in total. The molecule has 3 aliphatic heterocycles. The van der Waals surface area contributed by atoms with Gasteiger partial charge in [0.15, 0.2) is 17.3 Å². The number of halogens is 1. The summed E-state index contributed by atoms with van der Waals surface area (Å²) in [6, 6.07) is 11.2. The number of carbonyl (C=O) groups is 2. The molecule has 3 aliphatic rings. The van der Waals surface area contributed by atoms with Gasteiger partial charge in [-0.3, -0.25) is 14.5 Å². The van der Waals surface area contributed by atoms with Gasteiger partial charge in [-0.25, -0.2) is 9.18 Å². The molecule has 2 amide bonds. The number of nitrogens with zero attached hydrogens (tertiary/aromatic N) is 3. The number of anilines is 2. The molecule has 3 aromatic carbocycles. The summed E-state index contributed by atoms with van der Waals surface area (Å²) < 4.78 is 35.5. The van der Waals surface area contributed by atoms with Gasteiger partial charge in [0.2, 0.25) is 5.43 Å². The second-order valence-electron chi connectivity index (χ2n) is 13.4. The molecule has 4 aromatic rings. The smallest absolute Gasteiger partial charge is 0.407 e. The first kappa shape index (κ1) is 31.7. The standard InChI is InChI=1S/C35H39FN6O6/c1-35(2,3)48-34(45)39-22-8-10-41(18-22)30-27(36)28(37)26-29-32(30)47-25-17-21-7-5-4-6-20(21)16-24(25)42(29)19-23(31(26)43)33(44)38-9-11-40-12-14-46-15-13-40/h4-7,16-17,19,22H,8-15,18,37H2,1-3H3,(H,38,44)(H,39,45). The number of nitrogen functional groups attached to an aromatic ring is 1. The number of hydrogen-bond acceptors (Lipinski definition) is 9. The van der Waals surface area contributed by atoms with Gasteiger partial charge in [0, 0.05) is 45.5 Å². The van der Waals surface area contributed by atoms with Crippen LogP contribution in [0.3, 0.4) is 0 Å². The number of fused-ring (bicyclic) bond motifs is 3. The minimum atomic E-state index is -0.826. The summed E-state index contributed by atoms with van der Waals surface area (Å²) in [6.45, 7) is 9.70. The van der Waals surface area contributed by atoms with Crippen LogP contribution in [-0.2, 0) is 9.47 Å². The average molecular weight is 659 g/mol. The summed E-state index contributed by atoms with van der Waals surface area (Å²) in [7, 11) is 0. The average Bonchev–Trinajstić information content (AvgIpc) is 3.50. The lowest BCUT2D eigenvalue weighted by Gasteiger charge is -2.30. The zero-order valence-electron chi connectivity index (χ0n) is 27.2. The van der Waals surface area contributed by atoms with E-state index >= 15 is 4.39 Å². The predicted molar refractivity (Wildman–Crippen MR) is 181 cm³/mol. The molecule has 1 aromatic heterocycles. The Morgan fingerprint density at radius 2 is 1.83 bits per heavy atom. The van der Waals surface area contributed by atoms with E-state index in [-0.39, 0.29) is 46.2 Å².